The molecule has 0 aromatic rings. The molecule has 88 valence electrons. The number of aliphatic hydroxyl groups excluding tert-OH is 1. The highest BCUT2D eigenvalue weighted by atomic mass is 16.7. The van der Waals surface area contributed by atoms with Crippen LogP contribution in [0.25, 0.3) is 0 Å². The second-order valence-electron chi connectivity index (χ2n) is 4.88. The smallest absolute Gasteiger partial charge is 0.169 e. The summed E-state index contributed by atoms with van der Waals surface area (Å²) in [5.41, 5.74) is 0. The van der Waals surface area contributed by atoms with Crippen LogP contribution in [0.2, 0.25) is 0 Å². The number of aliphatic hydroxyl groups is 1. The summed E-state index contributed by atoms with van der Waals surface area (Å²) in [6, 6.07) is 0. The third-order valence-corrected chi connectivity index (χ3v) is 3.50. The predicted octanol–water partition coefficient (Wildman–Crippen LogP) is 2.22. The molecule has 0 aromatic carbocycles. The predicted molar refractivity (Wildman–Crippen MR) is 57.6 cm³/mol. The highest BCUT2D eigenvalue weighted by Crippen LogP contribution is 2.39. The van der Waals surface area contributed by atoms with E-state index in [1.54, 1.807) is 0 Å². The topological polar surface area (TPSA) is 38.7 Å². The van der Waals surface area contributed by atoms with E-state index in [1.165, 1.54) is 6.42 Å². The van der Waals surface area contributed by atoms with Crippen molar-refractivity contribution in [1.29, 1.82) is 0 Å². The molecule has 0 bridgehead atoms. The first kappa shape index (κ1) is 11.4. The maximum atomic E-state index is 8.94. The van der Waals surface area contributed by atoms with E-state index in [0.717, 1.165) is 38.5 Å². The van der Waals surface area contributed by atoms with Crippen molar-refractivity contribution in [3.8, 4) is 0 Å². The highest BCUT2D eigenvalue weighted by Gasteiger charge is 2.41. The molecule has 15 heavy (non-hydrogen) atoms. The van der Waals surface area contributed by atoms with Crippen molar-refractivity contribution in [2.75, 3.05) is 6.61 Å². The lowest BCUT2D eigenvalue weighted by Gasteiger charge is -2.45. The van der Waals surface area contributed by atoms with E-state index in [2.05, 4.69) is 6.92 Å². The minimum Gasteiger partial charge on any atom is -0.396 e. The number of ether oxygens (including phenoxy) is 2. The van der Waals surface area contributed by atoms with Crippen LogP contribution in [0.1, 0.15) is 51.9 Å². The van der Waals surface area contributed by atoms with E-state index < -0.39 is 0 Å². The molecule has 0 radical (unpaired) electrons. The zero-order chi connectivity index (χ0) is 10.7. The lowest BCUT2D eigenvalue weighted by atomic mass is 9.92. The zero-order valence-corrected chi connectivity index (χ0v) is 9.58. The summed E-state index contributed by atoms with van der Waals surface area (Å²) in [5, 5.41) is 8.94. The summed E-state index contributed by atoms with van der Waals surface area (Å²) in [4.78, 5) is 0. The fraction of sp³-hybridized carbons (Fsp3) is 1.00. The second-order valence-corrected chi connectivity index (χ2v) is 4.88. The Balaban J connectivity index is 1.94. The van der Waals surface area contributed by atoms with E-state index >= 15 is 0 Å². The third kappa shape index (κ3) is 2.71. The fourth-order valence-electron chi connectivity index (χ4n) is 2.78. The largest absolute Gasteiger partial charge is 0.396 e. The molecule has 1 N–H and O–H groups in total. The van der Waals surface area contributed by atoms with Crippen molar-refractivity contribution in [2.45, 2.75) is 69.9 Å². The standard InChI is InChI=1S/C12H22O3/c1-10-4-2-7-12(14-10)8-3-5-11(15-12)6-9-13/h10-11,13H,2-9H2,1H3/t10-,11+,12+/m1/s1. The number of rotatable bonds is 2. The Morgan fingerprint density at radius 3 is 2.60 bits per heavy atom. The van der Waals surface area contributed by atoms with Crippen LogP contribution in [0.15, 0.2) is 0 Å². The van der Waals surface area contributed by atoms with Crippen LogP contribution < -0.4 is 0 Å². The van der Waals surface area contributed by atoms with Crippen molar-refractivity contribution in [3.05, 3.63) is 0 Å². The van der Waals surface area contributed by atoms with Gasteiger partial charge < -0.3 is 14.6 Å². The van der Waals surface area contributed by atoms with Crippen LogP contribution in [0, 0.1) is 0 Å². The molecule has 0 unspecified atom stereocenters. The number of hydrogen-bond acceptors (Lipinski definition) is 3. The molecule has 2 fully saturated rings. The minimum absolute atomic E-state index is 0.203. The Morgan fingerprint density at radius 1 is 1.20 bits per heavy atom. The lowest BCUT2D eigenvalue weighted by Crippen LogP contribution is -2.47. The summed E-state index contributed by atoms with van der Waals surface area (Å²) in [7, 11) is 0. The van der Waals surface area contributed by atoms with Crippen molar-refractivity contribution >= 4 is 0 Å². The van der Waals surface area contributed by atoms with Gasteiger partial charge in [0.25, 0.3) is 0 Å². The molecule has 2 heterocycles. The molecule has 2 rings (SSSR count). The first-order valence-electron chi connectivity index (χ1n) is 6.21. The highest BCUT2D eigenvalue weighted by molar-refractivity contribution is 4.82. The maximum absolute atomic E-state index is 8.94. The van der Waals surface area contributed by atoms with Gasteiger partial charge in [-0.15, -0.1) is 0 Å². The zero-order valence-electron chi connectivity index (χ0n) is 9.58. The maximum Gasteiger partial charge on any atom is 0.169 e. The van der Waals surface area contributed by atoms with Crippen molar-refractivity contribution in [3.63, 3.8) is 0 Å². The molecule has 0 saturated carbocycles. The van der Waals surface area contributed by atoms with Crippen molar-refractivity contribution in [1.82, 2.24) is 0 Å². The summed E-state index contributed by atoms with van der Waals surface area (Å²) >= 11 is 0. The van der Waals surface area contributed by atoms with Gasteiger partial charge in [-0.2, -0.15) is 0 Å². The van der Waals surface area contributed by atoms with E-state index in [9.17, 15) is 0 Å². The summed E-state index contributed by atoms with van der Waals surface area (Å²) in [5.74, 6) is -0.310. The number of hydrogen-bond donors (Lipinski definition) is 1. The average Bonchev–Trinajstić information content (AvgIpc) is 2.17. The normalized spacial score (nSPS) is 42.0. The Kier molecular flexibility index (Phi) is 3.65. The van der Waals surface area contributed by atoms with Crippen molar-refractivity contribution in [2.24, 2.45) is 0 Å². The summed E-state index contributed by atoms with van der Waals surface area (Å²) in [6.07, 6.45) is 7.92. The van der Waals surface area contributed by atoms with Gasteiger partial charge in [0, 0.05) is 19.4 Å². The van der Waals surface area contributed by atoms with Gasteiger partial charge in [0.15, 0.2) is 5.79 Å². The van der Waals surface area contributed by atoms with Gasteiger partial charge in [-0.3, -0.25) is 0 Å². The van der Waals surface area contributed by atoms with Crippen LogP contribution >= 0.6 is 0 Å². The Morgan fingerprint density at radius 2 is 1.93 bits per heavy atom. The molecule has 2 saturated heterocycles. The van der Waals surface area contributed by atoms with Gasteiger partial charge in [-0.1, -0.05) is 0 Å². The Labute approximate surface area is 91.8 Å². The van der Waals surface area contributed by atoms with Gasteiger partial charge in [0.05, 0.1) is 12.2 Å². The quantitative estimate of drug-likeness (QED) is 0.766. The fourth-order valence-corrected chi connectivity index (χ4v) is 2.78. The van der Waals surface area contributed by atoms with E-state index in [-0.39, 0.29) is 18.5 Å². The molecule has 1 spiro atoms. The SMILES string of the molecule is C[C@@H]1CCC[C@]2(CCC[C@@H](CCO)O2)O1. The first-order chi connectivity index (χ1) is 7.24. The van der Waals surface area contributed by atoms with Crippen LogP contribution in [0.5, 0.6) is 0 Å². The van der Waals surface area contributed by atoms with Gasteiger partial charge in [0.2, 0.25) is 0 Å². The summed E-state index contributed by atoms with van der Waals surface area (Å²) in [6.45, 7) is 2.34. The lowest BCUT2D eigenvalue weighted by molar-refractivity contribution is -0.313. The van der Waals surface area contributed by atoms with Crippen LogP contribution in [0.4, 0.5) is 0 Å². The minimum atomic E-state index is -0.310. The average molecular weight is 214 g/mol. The molecule has 0 amide bonds. The van der Waals surface area contributed by atoms with Gasteiger partial charge >= 0.3 is 0 Å². The van der Waals surface area contributed by atoms with Crippen LogP contribution in [-0.2, 0) is 9.47 Å². The molecule has 2 aliphatic heterocycles. The molecule has 2 aliphatic rings. The monoisotopic (exact) mass is 214 g/mol. The molecular weight excluding hydrogens is 192 g/mol. The second kappa shape index (κ2) is 4.81. The Bertz CT molecular complexity index is 201. The van der Waals surface area contributed by atoms with Crippen LogP contribution in [0.3, 0.4) is 0 Å². The van der Waals surface area contributed by atoms with Gasteiger partial charge in [-0.25, -0.2) is 0 Å². The molecular formula is C12H22O3. The molecule has 0 aliphatic carbocycles. The van der Waals surface area contributed by atoms with Crippen LogP contribution in [-0.4, -0.2) is 29.7 Å². The molecule has 0 aromatic heterocycles. The molecule has 3 nitrogen and oxygen atoms in total. The first-order valence-corrected chi connectivity index (χ1v) is 6.21. The summed E-state index contributed by atoms with van der Waals surface area (Å²) < 4.78 is 12.0. The van der Waals surface area contributed by atoms with Crippen molar-refractivity contribution < 1.29 is 14.6 Å². The molecule has 3 atom stereocenters. The van der Waals surface area contributed by atoms with E-state index in [4.69, 9.17) is 14.6 Å². The third-order valence-electron chi connectivity index (χ3n) is 3.50. The molecule has 3 heteroatoms. The van der Waals surface area contributed by atoms with E-state index in [1.807, 2.05) is 0 Å². The Hall–Kier alpha value is -0.120. The van der Waals surface area contributed by atoms with E-state index in [0.29, 0.717) is 6.10 Å². The van der Waals surface area contributed by atoms with Gasteiger partial charge in [-0.05, 0) is 39.0 Å². The van der Waals surface area contributed by atoms with Gasteiger partial charge in [0.1, 0.15) is 0 Å².